The molecule has 8 heteroatoms. The Hall–Kier alpha value is -2.00. The Morgan fingerprint density at radius 2 is 1.67 bits per heavy atom. The van der Waals surface area contributed by atoms with Gasteiger partial charge in [0.25, 0.3) is 0 Å². The van der Waals surface area contributed by atoms with Crippen LogP contribution in [0.4, 0.5) is 0 Å². The molecule has 2 aliphatic rings. The maximum absolute atomic E-state index is 12.8. The van der Waals surface area contributed by atoms with Crippen LogP contribution in [0.1, 0.15) is 27.6 Å². The summed E-state index contributed by atoms with van der Waals surface area (Å²) < 4.78 is 4.96. The highest BCUT2D eigenvalue weighted by Gasteiger charge is 2.62. The summed E-state index contributed by atoms with van der Waals surface area (Å²) in [6, 6.07) is 2.41. The molecule has 3 rings (SSSR count). The minimum absolute atomic E-state index is 0.142. The van der Waals surface area contributed by atoms with E-state index in [1.54, 1.807) is 0 Å². The lowest BCUT2D eigenvalue weighted by molar-refractivity contribution is -0.217. The molecule has 1 fully saturated rings. The maximum Gasteiger partial charge on any atom is 0.173 e. The number of hydrogen-bond donors (Lipinski definition) is 5. The van der Waals surface area contributed by atoms with Crippen LogP contribution >= 0.6 is 0 Å². The zero-order chi connectivity index (χ0) is 18.0. The molecule has 5 N–H and O–H groups in total. The number of aromatic hydroxyl groups is 1. The summed E-state index contributed by atoms with van der Waals surface area (Å²) in [6.07, 6.45) is -5.36. The van der Waals surface area contributed by atoms with Gasteiger partial charge in [0.1, 0.15) is 23.2 Å². The molecule has 0 saturated heterocycles. The first-order valence-electron chi connectivity index (χ1n) is 7.39. The fraction of sp³-hybridized carbons (Fsp3) is 0.500. The predicted molar refractivity (Wildman–Crippen MR) is 78.9 cm³/mol. The summed E-state index contributed by atoms with van der Waals surface area (Å²) in [6.45, 7) is 1.08. The van der Waals surface area contributed by atoms with E-state index < -0.39 is 53.1 Å². The van der Waals surface area contributed by atoms with Gasteiger partial charge in [0.05, 0.1) is 36.7 Å². The van der Waals surface area contributed by atoms with E-state index in [4.69, 9.17) is 4.74 Å². The fourth-order valence-corrected chi connectivity index (χ4v) is 3.63. The average molecular weight is 338 g/mol. The SMILES string of the molecule is COc1cc(O)c2c(c1)C(=O)C1C(C2=O)[C@H](O)[C@H](O)[C@@](C)(O)[C@@H]1O. The number of ketones is 2. The van der Waals surface area contributed by atoms with Crippen molar-refractivity contribution in [3.05, 3.63) is 23.3 Å². The zero-order valence-corrected chi connectivity index (χ0v) is 13.0. The second-order valence-corrected chi connectivity index (χ2v) is 6.46. The molecule has 24 heavy (non-hydrogen) atoms. The van der Waals surface area contributed by atoms with Crippen molar-refractivity contribution in [2.24, 2.45) is 11.8 Å². The number of ether oxygens (including phenoxy) is 1. The third-order valence-corrected chi connectivity index (χ3v) is 5.06. The van der Waals surface area contributed by atoms with Gasteiger partial charge >= 0.3 is 0 Å². The van der Waals surface area contributed by atoms with Gasteiger partial charge in [-0.05, 0) is 13.0 Å². The third-order valence-electron chi connectivity index (χ3n) is 5.06. The van der Waals surface area contributed by atoms with Crippen molar-refractivity contribution in [1.82, 2.24) is 0 Å². The Morgan fingerprint density at radius 1 is 1.04 bits per heavy atom. The number of aliphatic hydroxyl groups is 4. The van der Waals surface area contributed by atoms with Crippen molar-refractivity contribution >= 4 is 11.6 Å². The summed E-state index contributed by atoms with van der Waals surface area (Å²) >= 11 is 0. The number of Topliss-reactive ketones (excluding diaryl/α,β-unsaturated/α-hetero) is 2. The van der Waals surface area contributed by atoms with Gasteiger partial charge in [-0.15, -0.1) is 0 Å². The summed E-state index contributed by atoms with van der Waals surface area (Å²) in [5.74, 6) is -4.75. The van der Waals surface area contributed by atoms with E-state index in [1.807, 2.05) is 0 Å². The van der Waals surface area contributed by atoms with Crippen molar-refractivity contribution in [1.29, 1.82) is 0 Å². The number of aliphatic hydroxyl groups excluding tert-OH is 3. The molecule has 0 bridgehead atoms. The molecule has 1 aromatic carbocycles. The van der Waals surface area contributed by atoms with E-state index in [0.717, 1.165) is 13.0 Å². The Bertz CT molecular complexity index is 725. The molecule has 8 nitrogen and oxygen atoms in total. The molecule has 130 valence electrons. The maximum atomic E-state index is 12.8. The first-order valence-corrected chi connectivity index (χ1v) is 7.39. The number of hydrogen-bond acceptors (Lipinski definition) is 8. The van der Waals surface area contributed by atoms with Gasteiger partial charge < -0.3 is 30.3 Å². The number of rotatable bonds is 1. The average Bonchev–Trinajstić information content (AvgIpc) is 2.53. The van der Waals surface area contributed by atoms with Gasteiger partial charge in [0.15, 0.2) is 11.6 Å². The summed E-state index contributed by atoms with van der Waals surface area (Å²) in [5, 5.41) is 50.9. The van der Waals surface area contributed by atoms with E-state index in [1.165, 1.54) is 13.2 Å². The smallest absolute Gasteiger partial charge is 0.173 e. The van der Waals surface area contributed by atoms with E-state index in [9.17, 15) is 35.1 Å². The topological polar surface area (TPSA) is 145 Å². The van der Waals surface area contributed by atoms with Crippen LogP contribution in [0.25, 0.3) is 0 Å². The minimum Gasteiger partial charge on any atom is -0.507 e. The first kappa shape index (κ1) is 16.8. The summed E-state index contributed by atoms with van der Waals surface area (Å²) in [4.78, 5) is 25.5. The summed E-state index contributed by atoms with van der Waals surface area (Å²) in [7, 11) is 1.32. The number of methoxy groups -OCH3 is 1. The van der Waals surface area contributed by atoms with Crippen LogP contribution in [-0.2, 0) is 0 Å². The third kappa shape index (κ3) is 2.01. The van der Waals surface area contributed by atoms with Crippen LogP contribution in [0.3, 0.4) is 0 Å². The highest BCUT2D eigenvalue weighted by molar-refractivity contribution is 6.18. The van der Waals surface area contributed by atoms with E-state index in [-0.39, 0.29) is 16.9 Å². The molecular weight excluding hydrogens is 320 g/mol. The Labute approximate surface area is 136 Å². The van der Waals surface area contributed by atoms with Crippen LogP contribution in [0, 0.1) is 11.8 Å². The lowest BCUT2D eigenvalue weighted by Gasteiger charge is -2.49. The lowest BCUT2D eigenvalue weighted by atomic mass is 9.59. The molecule has 0 aromatic heterocycles. The van der Waals surface area contributed by atoms with Gasteiger partial charge in [-0.2, -0.15) is 0 Å². The van der Waals surface area contributed by atoms with Crippen molar-refractivity contribution in [3.8, 4) is 11.5 Å². The molecule has 0 spiro atoms. The normalized spacial score (nSPS) is 38.5. The quantitative estimate of drug-likeness (QED) is 0.432. The van der Waals surface area contributed by atoms with Gasteiger partial charge in [-0.1, -0.05) is 0 Å². The monoisotopic (exact) mass is 338 g/mol. The molecule has 1 saturated carbocycles. The van der Waals surface area contributed by atoms with Crippen molar-refractivity contribution in [3.63, 3.8) is 0 Å². The van der Waals surface area contributed by atoms with Crippen LogP contribution in [0.2, 0.25) is 0 Å². The van der Waals surface area contributed by atoms with Crippen LogP contribution in [-0.4, -0.2) is 68.1 Å². The number of carbonyl (C=O) groups excluding carboxylic acids is 2. The second kappa shape index (κ2) is 5.25. The Balaban J connectivity index is 2.22. The van der Waals surface area contributed by atoms with Gasteiger partial charge in [0, 0.05) is 11.6 Å². The molecule has 6 atom stereocenters. The molecule has 0 heterocycles. The molecule has 2 aliphatic carbocycles. The van der Waals surface area contributed by atoms with Crippen LogP contribution < -0.4 is 4.74 Å². The molecular formula is C16H18O8. The number of fused-ring (bicyclic) bond motifs is 2. The second-order valence-electron chi connectivity index (χ2n) is 6.46. The molecule has 1 aromatic rings. The highest BCUT2D eigenvalue weighted by atomic mass is 16.5. The molecule has 0 radical (unpaired) electrons. The number of carbonyl (C=O) groups is 2. The summed E-state index contributed by atoms with van der Waals surface area (Å²) in [5.41, 5.74) is -2.62. The number of phenolic OH excluding ortho intramolecular Hbond substituents is 1. The highest BCUT2D eigenvalue weighted by Crippen LogP contribution is 2.46. The fourth-order valence-electron chi connectivity index (χ4n) is 3.63. The zero-order valence-electron chi connectivity index (χ0n) is 13.0. The van der Waals surface area contributed by atoms with Crippen LogP contribution in [0.5, 0.6) is 11.5 Å². The lowest BCUT2D eigenvalue weighted by Crippen LogP contribution is -2.69. The molecule has 0 aliphatic heterocycles. The van der Waals surface area contributed by atoms with Crippen molar-refractivity contribution < 1.29 is 39.9 Å². The van der Waals surface area contributed by atoms with E-state index in [2.05, 4.69) is 0 Å². The van der Waals surface area contributed by atoms with Gasteiger partial charge in [-0.3, -0.25) is 9.59 Å². The van der Waals surface area contributed by atoms with E-state index in [0.29, 0.717) is 0 Å². The molecule has 2 unspecified atom stereocenters. The largest absolute Gasteiger partial charge is 0.507 e. The van der Waals surface area contributed by atoms with Crippen molar-refractivity contribution in [2.45, 2.75) is 30.8 Å². The van der Waals surface area contributed by atoms with Crippen molar-refractivity contribution in [2.75, 3.05) is 7.11 Å². The predicted octanol–water partition coefficient (Wildman–Crippen LogP) is -1.14. The minimum atomic E-state index is -2.17. The van der Waals surface area contributed by atoms with Gasteiger partial charge in [0.2, 0.25) is 0 Å². The Kier molecular flexibility index (Phi) is 3.68. The first-order chi connectivity index (χ1) is 11.1. The van der Waals surface area contributed by atoms with E-state index >= 15 is 0 Å². The van der Waals surface area contributed by atoms with Gasteiger partial charge in [-0.25, -0.2) is 0 Å². The number of benzene rings is 1. The number of phenols is 1. The Morgan fingerprint density at radius 3 is 2.25 bits per heavy atom. The van der Waals surface area contributed by atoms with Crippen LogP contribution in [0.15, 0.2) is 12.1 Å². The standard InChI is InChI=1S/C16H18O8/c1-16(23)14(21)10-9(13(20)15(16)22)12(19)8-6(11(10)18)3-5(24-2)4-7(8)17/h3-4,9-10,13-15,17,20-23H,1-2H3/t9?,10?,13-,14+,15-,16-/m0/s1. The molecule has 0 amide bonds.